The van der Waals surface area contributed by atoms with Gasteiger partial charge in [0.2, 0.25) is 0 Å². The Balaban J connectivity index is 2.65. The van der Waals surface area contributed by atoms with E-state index in [1.54, 1.807) is 0 Å². The molecule has 1 rings (SSSR count). The van der Waals surface area contributed by atoms with Crippen molar-refractivity contribution in [2.24, 2.45) is 5.92 Å². The van der Waals surface area contributed by atoms with Gasteiger partial charge in [-0.25, -0.2) is 0 Å². The SMILES string of the molecule is FC(F)(F)C(CC1CCCN1)C(F)(F)F. The van der Waals surface area contributed by atoms with Crippen LogP contribution in [0.4, 0.5) is 26.3 Å². The Morgan fingerprint density at radius 2 is 1.60 bits per heavy atom. The number of hydrogen-bond donors (Lipinski definition) is 1. The summed E-state index contributed by atoms with van der Waals surface area (Å²) in [5.74, 6) is -3.21. The fourth-order valence-corrected chi connectivity index (χ4v) is 1.70. The smallest absolute Gasteiger partial charge is 0.314 e. The highest BCUT2D eigenvalue weighted by Crippen LogP contribution is 2.42. The van der Waals surface area contributed by atoms with Crippen LogP contribution in [-0.4, -0.2) is 24.9 Å². The van der Waals surface area contributed by atoms with Gasteiger partial charge in [-0.15, -0.1) is 0 Å². The number of nitrogens with one attached hydrogen (secondary N) is 1. The van der Waals surface area contributed by atoms with E-state index in [-0.39, 0.29) is 0 Å². The van der Waals surface area contributed by atoms with Crippen molar-refractivity contribution in [1.29, 1.82) is 0 Å². The van der Waals surface area contributed by atoms with E-state index in [2.05, 4.69) is 5.32 Å². The largest absolute Gasteiger partial charge is 0.400 e. The summed E-state index contributed by atoms with van der Waals surface area (Å²) in [5, 5.41) is 2.63. The Labute approximate surface area is 82.8 Å². The molecular formula is C8H11F6N. The van der Waals surface area contributed by atoms with Gasteiger partial charge in [-0.05, 0) is 25.8 Å². The summed E-state index contributed by atoms with van der Waals surface area (Å²) in [5.41, 5.74) is 0. The molecule has 7 heteroatoms. The van der Waals surface area contributed by atoms with Gasteiger partial charge in [0.1, 0.15) is 0 Å². The molecule has 1 unspecified atom stereocenters. The molecule has 1 aliphatic rings. The lowest BCUT2D eigenvalue weighted by molar-refractivity contribution is -0.286. The maximum Gasteiger partial charge on any atom is 0.400 e. The molecule has 1 aliphatic heterocycles. The second kappa shape index (κ2) is 4.19. The van der Waals surface area contributed by atoms with E-state index in [0.717, 1.165) is 0 Å². The molecule has 0 spiro atoms. The molecule has 0 aromatic carbocycles. The predicted molar refractivity (Wildman–Crippen MR) is 41.2 cm³/mol. The summed E-state index contributed by atoms with van der Waals surface area (Å²) in [7, 11) is 0. The highest BCUT2D eigenvalue weighted by molar-refractivity contribution is 4.84. The van der Waals surface area contributed by atoms with E-state index in [1.807, 2.05) is 0 Å². The van der Waals surface area contributed by atoms with Gasteiger partial charge in [0.25, 0.3) is 0 Å². The first-order valence-electron chi connectivity index (χ1n) is 4.58. The molecule has 1 nitrogen and oxygen atoms in total. The summed E-state index contributed by atoms with van der Waals surface area (Å²) < 4.78 is 72.7. The summed E-state index contributed by atoms with van der Waals surface area (Å²) in [4.78, 5) is 0. The molecule has 0 radical (unpaired) electrons. The molecule has 0 aromatic heterocycles. The molecule has 0 aliphatic carbocycles. The van der Waals surface area contributed by atoms with Crippen LogP contribution in [0.1, 0.15) is 19.3 Å². The topological polar surface area (TPSA) is 12.0 Å². The van der Waals surface area contributed by atoms with Gasteiger partial charge in [0.15, 0.2) is 5.92 Å². The third-order valence-electron chi connectivity index (χ3n) is 2.47. The first kappa shape index (κ1) is 12.6. The summed E-state index contributed by atoms with van der Waals surface area (Å²) in [6.07, 6.45) is -10.3. The molecule has 1 N–H and O–H groups in total. The van der Waals surface area contributed by atoms with Crippen LogP contribution < -0.4 is 5.32 Å². The molecule has 0 bridgehead atoms. The highest BCUT2D eigenvalue weighted by atomic mass is 19.4. The fraction of sp³-hybridized carbons (Fsp3) is 1.00. The lowest BCUT2D eigenvalue weighted by atomic mass is 9.98. The van der Waals surface area contributed by atoms with Gasteiger partial charge in [0.05, 0.1) is 0 Å². The van der Waals surface area contributed by atoms with Crippen LogP contribution in [0.3, 0.4) is 0 Å². The maximum absolute atomic E-state index is 12.1. The molecule has 1 saturated heterocycles. The van der Waals surface area contributed by atoms with Crippen LogP contribution in [0.5, 0.6) is 0 Å². The standard InChI is InChI=1S/C8H11F6N/c9-7(10,11)6(8(12,13)14)4-5-2-1-3-15-5/h5-6,15H,1-4H2. The van der Waals surface area contributed by atoms with Crippen LogP contribution in [-0.2, 0) is 0 Å². The lowest BCUT2D eigenvalue weighted by Crippen LogP contribution is -2.40. The Kier molecular flexibility index (Phi) is 3.52. The van der Waals surface area contributed by atoms with Crippen molar-refractivity contribution in [2.75, 3.05) is 6.54 Å². The lowest BCUT2D eigenvalue weighted by Gasteiger charge is -2.25. The maximum atomic E-state index is 12.1. The molecular weight excluding hydrogens is 224 g/mol. The monoisotopic (exact) mass is 235 g/mol. The van der Waals surface area contributed by atoms with Crippen molar-refractivity contribution in [3.05, 3.63) is 0 Å². The number of alkyl halides is 6. The number of rotatable bonds is 2. The third kappa shape index (κ3) is 3.55. The Bertz CT molecular complexity index is 188. The fourth-order valence-electron chi connectivity index (χ4n) is 1.70. The second-order valence-electron chi connectivity index (χ2n) is 3.66. The van der Waals surface area contributed by atoms with E-state index >= 15 is 0 Å². The number of halogens is 6. The second-order valence-corrected chi connectivity index (χ2v) is 3.66. The molecule has 90 valence electrons. The molecule has 0 saturated carbocycles. The van der Waals surface area contributed by atoms with E-state index in [1.165, 1.54) is 0 Å². The average molecular weight is 235 g/mol. The molecule has 15 heavy (non-hydrogen) atoms. The van der Waals surface area contributed by atoms with Gasteiger partial charge < -0.3 is 5.32 Å². The summed E-state index contributed by atoms with van der Waals surface area (Å²) >= 11 is 0. The minimum Gasteiger partial charge on any atom is -0.314 e. The van der Waals surface area contributed by atoms with Crippen LogP contribution in [0, 0.1) is 5.92 Å². The molecule has 0 aromatic rings. The first-order valence-corrected chi connectivity index (χ1v) is 4.58. The van der Waals surface area contributed by atoms with Crippen molar-refractivity contribution >= 4 is 0 Å². The van der Waals surface area contributed by atoms with Gasteiger partial charge in [-0.1, -0.05) is 0 Å². The molecule has 1 atom stereocenters. The molecule has 1 heterocycles. The zero-order chi connectivity index (χ0) is 11.7. The predicted octanol–water partition coefficient (Wildman–Crippen LogP) is 2.87. The van der Waals surface area contributed by atoms with Gasteiger partial charge in [-0.2, -0.15) is 26.3 Å². The Hall–Kier alpha value is -0.460. The first-order chi connectivity index (χ1) is 6.71. The third-order valence-corrected chi connectivity index (χ3v) is 2.47. The van der Waals surface area contributed by atoms with E-state index in [4.69, 9.17) is 0 Å². The average Bonchev–Trinajstić information content (AvgIpc) is 2.46. The van der Waals surface area contributed by atoms with Crippen LogP contribution in [0.25, 0.3) is 0 Å². The van der Waals surface area contributed by atoms with Crippen molar-refractivity contribution in [3.63, 3.8) is 0 Å². The van der Waals surface area contributed by atoms with Crippen molar-refractivity contribution in [3.8, 4) is 0 Å². The van der Waals surface area contributed by atoms with Crippen molar-refractivity contribution in [1.82, 2.24) is 5.32 Å². The molecule has 0 amide bonds. The molecule has 1 fully saturated rings. The normalized spacial score (nSPS) is 23.8. The van der Waals surface area contributed by atoms with E-state index in [9.17, 15) is 26.3 Å². The van der Waals surface area contributed by atoms with E-state index < -0.39 is 30.7 Å². The minimum atomic E-state index is -5.21. The Morgan fingerprint density at radius 1 is 1.07 bits per heavy atom. The Morgan fingerprint density at radius 3 is 1.93 bits per heavy atom. The van der Waals surface area contributed by atoms with Crippen LogP contribution in [0.2, 0.25) is 0 Å². The minimum absolute atomic E-state index is 0.378. The van der Waals surface area contributed by atoms with Crippen molar-refractivity contribution in [2.45, 2.75) is 37.7 Å². The van der Waals surface area contributed by atoms with E-state index in [0.29, 0.717) is 19.4 Å². The van der Waals surface area contributed by atoms with Gasteiger partial charge >= 0.3 is 12.4 Å². The highest BCUT2D eigenvalue weighted by Gasteiger charge is 2.56. The number of hydrogen-bond acceptors (Lipinski definition) is 1. The summed E-state index contributed by atoms with van der Waals surface area (Å²) in [6, 6.07) is -0.668. The van der Waals surface area contributed by atoms with Crippen LogP contribution >= 0.6 is 0 Å². The van der Waals surface area contributed by atoms with Gasteiger partial charge in [0, 0.05) is 6.04 Å². The summed E-state index contributed by atoms with van der Waals surface area (Å²) in [6.45, 7) is 0.493. The zero-order valence-electron chi connectivity index (χ0n) is 7.75. The quantitative estimate of drug-likeness (QED) is 0.725. The van der Waals surface area contributed by atoms with Crippen molar-refractivity contribution < 1.29 is 26.3 Å². The zero-order valence-corrected chi connectivity index (χ0v) is 7.75. The van der Waals surface area contributed by atoms with Gasteiger partial charge in [-0.3, -0.25) is 0 Å². The van der Waals surface area contributed by atoms with Crippen LogP contribution in [0.15, 0.2) is 0 Å².